The van der Waals surface area contributed by atoms with Crippen LogP contribution in [0.1, 0.15) is 42.9 Å². The molecule has 1 heterocycles. The number of benzene rings is 2. The van der Waals surface area contributed by atoms with Gasteiger partial charge in [-0.25, -0.2) is 0 Å². The smallest absolute Gasteiger partial charge is 0.314 e. The predicted octanol–water partition coefficient (Wildman–Crippen LogP) is 4.62. The van der Waals surface area contributed by atoms with Gasteiger partial charge in [0.1, 0.15) is 12.5 Å². The zero-order valence-corrected chi connectivity index (χ0v) is 22.4. The molecule has 1 saturated heterocycles. The number of hydrogen-bond acceptors (Lipinski definition) is 3. The zero-order valence-electron chi connectivity index (χ0n) is 19.6. The summed E-state index contributed by atoms with van der Waals surface area (Å²) in [6.45, 7) is 9.08. The van der Waals surface area contributed by atoms with Gasteiger partial charge in [0.05, 0.1) is 19.7 Å². The summed E-state index contributed by atoms with van der Waals surface area (Å²) in [5.74, 6) is -0.278. The molecule has 2 aromatic carbocycles. The number of carbonyl (C=O) groups is 2. The molecule has 1 aliphatic heterocycles. The number of rotatable bonds is 8. The first-order chi connectivity index (χ1) is 14.9. The van der Waals surface area contributed by atoms with Gasteiger partial charge in [-0.2, -0.15) is 0 Å². The second kappa shape index (κ2) is 12.6. The van der Waals surface area contributed by atoms with Crippen LogP contribution in [0.5, 0.6) is 0 Å². The summed E-state index contributed by atoms with van der Waals surface area (Å²) in [7, 11) is 0. The van der Waals surface area contributed by atoms with Crippen molar-refractivity contribution in [3.8, 4) is 0 Å². The molecule has 1 amide bonds. The minimum Gasteiger partial charge on any atom is -0.465 e. The SMILES string of the molecule is CCCOC(=O)C1CCC[N+](CC(=O)Nc2c(C)cccc2C)(Cc2ccccc2)C1.[Y]. The summed E-state index contributed by atoms with van der Waals surface area (Å²) < 4.78 is 6.03. The Morgan fingerprint density at radius 2 is 1.75 bits per heavy atom. The molecule has 0 bridgehead atoms. The third-order valence-electron chi connectivity index (χ3n) is 6.16. The number of carbonyl (C=O) groups excluding carboxylic acids is 2. The second-order valence-corrected chi connectivity index (χ2v) is 8.87. The molecule has 2 unspecified atom stereocenters. The molecular formula is C26H35N2O3Y+. The van der Waals surface area contributed by atoms with Gasteiger partial charge in [-0.15, -0.1) is 0 Å². The number of quaternary nitrogens is 1. The van der Waals surface area contributed by atoms with Crippen molar-refractivity contribution in [3.05, 3.63) is 65.2 Å². The van der Waals surface area contributed by atoms with Gasteiger partial charge in [-0.05, 0) is 44.2 Å². The van der Waals surface area contributed by atoms with E-state index in [4.69, 9.17) is 4.74 Å². The van der Waals surface area contributed by atoms with Crippen LogP contribution >= 0.6 is 0 Å². The Morgan fingerprint density at radius 1 is 1.06 bits per heavy atom. The number of esters is 1. The van der Waals surface area contributed by atoms with Gasteiger partial charge in [0.2, 0.25) is 0 Å². The predicted molar refractivity (Wildman–Crippen MR) is 124 cm³/mol. The molecule has 0 saturated carbocycles. The van der Waals surface area contributed by atoms with Crippen molar-refractivity contribution in [2.45, 2.75) is 46.6 Å². The van der Waals surface area contributed by atoms with Gasteiger partial charge in [0.15, 0.2) is 6.54 Å². The van der Waals surface area contributed by atoms with Crippen LogP contribution in [0.3, 0.4) is 0 Å². The Morgan fingerprint density at radius 3 is 2.41 bits per heavy atom. The fourth-order valence-corrected chi connectivity index (χ4v) is 4.65. The minimum absolute atomic E-state index is 0. The van der Waals surface area contributed by atoms with Gasteiger partial charge in [-0.3, -0.25) is 9.59 Å². The first-order valence-electron chi connectivity index (χ1n) is 11.3. The van der Waals surface area contributed by atoms with E-state index in [9.17, 15) is 9.59 Å². The van der Waals surface area contributed by atoms with E-state index >= 15 is 0 Å². The largest absolute Gasteiger partial charge is 0.465 e. The number of piperidine rings is 1. The minimum atomic E-state index is -0.156. The molecule has 0 aromatic heterocycles. The number of amides is 1. The summed E-state index contributed by atoms with van der Waals surface area (Å²) in [5, 5.41) is 3.14. The van der Waals surface area contributed by atoms with Crippen molar-refractivity contribution >= 4 is 17.6 Å². The van der Waals surface area contributed by atoms with Crippen LogP contribution in [0, 0.1) is 19.8 Å². The molecule has 5 nitrogen and oxygen atoms in total. The van der Waals surface area contributed by atoms with E-state index < -0.39 is 0 Å². The number of ether oxygens (including phenoxy) is 1. The average Bonchev–Trinajstić information content (AvgIpc) is 2.75. The van der Waals surface area contributed by atoms with Crippen LogP contribution in [-0.4, -0.2) is 42.6 Å². The fraction of sp³-hybridized carbons (Fsp3) is 0.462. The molecule has 1 N–H and O–H groups in total. The third-order valence-corrected chi connectivity index (χ3v) is 6.16. The van der Waals surface area contributed by atoms with Crippen molar-refractivity contribution in [2.75, 3.05) is 31.6 Å². The van der Waals surface area contributed by atoms with E-state index in [1.165, 1.54) is 5.56 Å². The van der Waals surface area contributed by atoms with E-state index in [-0.39, 0.29) is 50.5 Å². The maximum Gasteiger partial charge on any atom is 0.314 e. The second-order valence-electron chi connectivity index (χ2n) is 8.87. The van der Waals surface area contributed by atoms with Crippen LogP contribution in [0.25, 0.3) is 0 Å². The quantitative estimate of drug-likeness (QED) is 0.415. The Kier molecular flexibility index (Phi) is 10.5. The van der Waals surface area contributed by atoms with Crippen molar-refractivity contribution in [3.63, 3.8) is 0 Å². The number of para-hydroxylation sites is 1. The van der Waals surface area contributed by atoms with Crippen molar-refractivity contribution < 1.29 is 51.5 Å². The number of hydrogen-bond donors (Lipinski definition) is 1. The molecule has 6 heteroatoms. The fourth-order valence-electron chi connectivity index (χ4n) is 4.65. The summed E-state index contributed by atoms with van der Waals surface area (Å²) in [5.41, 5.74) is 4.19. The van der Waals surface area contributed by atoms with Crippen LogP contribution < -0.4 is 5.32 Å². The summed E-state index contributed by atoms with van der Waals surface area (Å²) in [6.07, 6.45) is 2.56. The zero-order chi connectivity index (χ0) is 22.3. The number of nitrogens with one attached hydrogen (secondary N) is 1. The molecule has 1 radical (unpaired) electrons. The van der Waals surface area contributed by atoms with Gasteiger partial charge < -0.3 is 14.5 Å². The number of aryl methyl sites for hydroxylation is 2. The van der Waals surface area contributed by atoms with Crippen molar-refractivity contribution in [2.24, 2.45) is 5.92 Å². The summed E-state index contributed by atoms with van der Waals surface area (Å²) in [4.78, 5) is 25.8. The Labute approximate surface area is 217 Å². The molecule has 1 fully saturated rings. The first kappa shape index (κ1) is 26.7. The summed E-state index contributed by atoms with van der Waals surface area (Å²) >= 11 is 0. The normalized spacial score (nSPS) is 20.2. The van der Waals surface area contributed by atoms with E-state index in [1.807, 2.05) is 57.2 Å². The molecule has 0 spiro atoms. The molecule has 2 atom stereocenters. The Bertz CT molecular complexity index is 883. The van der Waals surface area contributed by atoms with Crippen LogP contribution in [0.2, 0.25) is 0 Å². The number of likely N-dealkylation sites (tertiary alicyclic amines) is 1. The van der Waals surface area contributed by atoms with Gasteiger partial charge >= 0.3 is 5.97 Å². The molecule has 1 aliphatic rings. The molecular weight excluding hydrogens is 477 g/mol. The van der Waals surface area contributed by atoms with Crippen molar-refractivity contribution in [1.29, 1.82) is 0 Å². The Balaban J connectivity index is 0.00000363. The van der Waals surface area contributed by atoms with E-state index in [1.54, 1.807) is 0 Å². The molecule has 32 heavy (non-hydrogen) atoms. The van der Waals surface area contributed by atoms with Crippen LogP contribution in [0.4, 0.5) is 5.69 Å². The van der Waals surface area contributed by atoms with Crippen LogP contribution in [0.15, 0.2) is 48.5 Å². The van der Waals surface area contributed by atoms with E-state index in [0.29, 0.717) is 24.2 Å². The topological polar surface area (TPSA) is 55.4 Å². The number of nitrogens with zero attached hydrogens (tertiary/aromatic N) is 1. The maximum atomic E-state index is 13.2. The maximum absolute atomic E-state index is 13.2. The Hall–Kier alpha value is -1.56. The molecule has 169 valence electrons. The van der Waals surface area contributed by atoms with Crippen molar-refractivity contribution in [1.82, 2.24) is 0 Å². The monoisotopic (exact) mass is 512 g/mol. The van der Waals surface area contributed by atoms with Gasteiger partial charge in [-0.1, -0.05) is 55.5 Å². The van der Waals surface area contributed by atoms with E-state index in [0.717, 1.165) is 49.2 Å². The molecule has 2 aromatic rings. The van der Waals surface area contributed by atoms with Gasteiger partial charge in [0, 0.05) is 44.0 Å². The average molecular weight is 512 g/mol. The first-order valence-corrected chi connectivity index (χ1v) is 11.3. The molecule has 0 aliphatic carbocycles. The van der Waals surface area contributed by atoms with E-state index in [2.05, 4.69) is 17.4 Å². The van der Waals surface area contributed by atoms with Gasteiger partial charge in [0.25, 0.3) is 5.91 Å². The standard InChI is InChI=1S/C26H34N2O3.Y/c1-4-16-31-26(30)23-14-9-15-28(18-23,17-22-12-6-5-7-13-22)19-24(29)27-25-20(2)10-8-11-21(25)3;/h5-8,10-13,23H,4,9,14-19H2,1-3H3;/p+1. The third kappa shape index (κ3) is 7.23. The number of anilines is 1. The summed E-state index contributed by atoms with van der Waals surface area (Å²) in [6, 6.07) is 16.3. The van der Waals surface area contributed by atoms with Crippen LogP contribution in [-0.2, 0) is 53.6 Å². The molecule has 3 rings (SSSR count).